The Kier molecular flexibility index (Phi) is 15.7. The molecule has 4 aromatic heterocycles. The number of pyridine rings is 2. The molecule has 0 amide bonds. The van der Waals surface area contributed by atoms with E-state index in [-0.39, 0.29) is 11.6 Å². The van der Waals surface area contributed by atoms with Crippen LogP contribution in [0.15, 0.2) is 159 Å². The van der Waals surface area contributed by atoms with Crippen LogP contribution in [0.5, 0.6) is 0 Å². The van der Waals surface area contributed by atoms with Crippen molar-refractivity contribution >= 4 is 11.6 Å². The van der Waals surface area contributed by atoms with Gasteiger partial charge in [0.15, 0.2) is 11.6 Å². The zero-order chi connectivity index (χ0) is 49.9. The molecular formula is C61H62N10O2. The van der Waals surface area contributed by atoms with Gasteiger partial charge < -0.3 is 0 Å². The quantitative estimate of drug-likeness (QED) is 0.0763. The number of hydrogen-bond acceptors (Lipinski definition) is 12. The summed E-state index contributed by atoms with van der Waals surface area (Å²) in [5, 5.41) is 0. The first-order valence-electron chi connectivity index (χ1n) is 25.5. The Labute approximate surface area is 428 Å². The third-order valence-corrected chi connectivity index (χ3v) is 14.3. The van der Waals surface area contributed by atoms with Crippen LogP contribution in [0.2, 0.25) is 0 Å². The Balaban J connectivity index is 0.629. The molecule has 0 N–H and O–H groups in total. The SMILES string of the molecule is Cc1ccc(CC(=O)c2ccc(CN3CCN(CN4CCN(Cc5ccc(C(=O)Cc6ccc(C)c(Cc7nccc(-c8cccnc8)n7)c6)cc5)CC4)CC3)cc2)cc1Cc1nccc(-c2cccnc2)n1. The van der Waals surface area contributed by atoms with E-state index in [2.05, 4.69) is 114 Å². The Morgan fingerprint density at radius 2 is 0.849 bits per heavy atom. The van der Waals surface area contributed by atoms with Gasteiger partial charge in [0.2, 0.25) is 0 Å². The number of benzene rings is 4. The molecule has 2 fully saturated rings. The highest BCUT2D eigenvalue weighted by Crippen LogP contribution is 2.23. The van der Waals surface area contributed by atoms with Gasteiger partial charge in [-0.1, -0.05) is 84.9 Å². The Hall–Kier alpha value is -7.48. The molecular weight excluding hydrogens is 905 g/mol. The smallest absolute Gasteiger partial charge is 0.167 e. The maximum absolute atomic E-state index is 13.5. The molecule has 73 heavy (non-hydrogen) atoms. The molecule has 0 radical (unpaired) electrons. The van der Waals surface area contributed by atoms with Gasteiger partial charge in [-0.2, -0.15) is 0 Å². The van der Waals surface area contributed by atoms with E-state index in [0.717, 1.165) is 151 Å². The second-order valence-electron chi connectivity index (χ2n) is 19.6. The fourth-order valence-electron chi connectivity index (χ4n) is 9.85. The molecule has 368 valence electrons. The van der Waals surface area contributed by atoms with Crippen LogP contribution < -0.4 is 0 Å². The first kappa shape index (κ1) is 49.1. The molecule has 12 heteroatoms. The first-order valence-corrected chi connectivity index (χ1v) is 25.5. The Morgan fingerprint density at radius 3 is 1.25 bits per heavy atom. The number of rotatable bonds is 18. The number of hydrogen-bond donors (Lipinski definition) is 0. The van der Waals surface area contributed by atoms with E-state index in [9.17, 15) is 9.59 Å². The number of carbonyl (C=O) groups is 2. The number of aromatic nitrogens is 6. The fraction of sp³-hybridized carbons (Fsp3) is 0.279. The zero-order valence-electron chi connectivity index (χ0n) is 41.9. The summed E-state index contributed by atoms with van der Waals surface area (Å²) in [5.41, 5.74) is 14.1. The van der Waals surface area contributed by atoms with Crippen molar-refractivity contribution in [1.29, 1.82) is 0 Å². The van der Waals surface area contributed by atoms with E-state index >= 15 is 0 Å². The van der Waals surface area contributed by atoms with Gasteiger partial charge in [-0.15, -0.1) is 0 Å². The predicted molar refractivity (Wildman–Crippen MR) is 286 cm³/mol. The van der Waals surface area contributed by atoms with Gasteiger partial charge in [-0.25, -0.2) is 19.9 Å². The Bertz CT molecular complexity index is 2920. The molecule has 0 spiro atoms. The van der Waals surface area contributed by atoms with Gasteiger partial charge in [-0.05, 0) is 94.8 Å². The van der Waals surface area contributed by atoms with Crippen LogP contribution in [0.4, 0.5) is 0 Å². The van der Waals surface area contributed by atoms with Crippen molar-refractivity contribution in [2.75, 3.05) is 59.0 Å². The van der Waals surface area contributed by atoms with Crippen LogP contribution in [0, 0.1) is 13.8 Å². The van der Waals surface area contributed by atoms with Crippen molar-refractivity contribution < 1.29 is 9.59 Å². The first-order chi connectivity index (χ1) is 35.7. The van der Waals surface area contributed by atoms with Crippen molar-refractivity contribution in [2.45, 2.75) is 52.6 Å². The maximum atomic E-state index is 13.5. The minimum atomic E-state index is 0.116. The average molecular weight is 967 g/mol. The van der Waals surface area contributed by atoms with E-state index in [0.29, 0.717) is 25.7 Å². The van der Waals surface area contributed by atoms with Gasteiger partial charge >= 0.3 is 0 Å². The summed E-state index contributed by atoms with van der Waals surface area (Å²) in [4.78, 5) is 64.3. The molecule has 0 saturated carbocycles. The summed E-state index contributed by atoms with van der Waals surface area (Å²) in [6.07, 6.45) is 12.6. The summed E-state index contributed by atoms with van der Waals surface area (Å²) < 4.78 is 0. The molecule has 0 bridgehead atoms. The van der Waals surface area contributed by atoms with Crippen LogP contribution in [-0.4, -0.2) is 120 Å². The fourth-order valence-corrected chi connectivity index (χ4v) is 9.85. The van der Waals surface area contributed by atoms with E-state index in [1.807, 2.05) is 73.1 Å². The lowest BCUT2D eigenvalue weighted by molar-refractivity contribution is 0.0413. The topological polar surface area (TPSA) is 124 Å². The number of nitrogens with zero attached hydrogens (tertiary/aromatic N) is 10. The van der Waals surface area contributed by atoms with Crippen LogP contribution in [-0.2, 0) is 38.8 Å². The summed E-state index contributed by atoms with van der Waals surface area (Å²) in [7, 11) is 0. The monoisotopic (exact) mass is 967 g/mol. The van der Waals surface area contributed by atoms with E-state index in [1.54, 1.807) is 24.8 Å². The number of aryl methyl sites for hydroxylation is 2. The molecule has 6 heterocycles. The molecule has 0 aliphatic carbocycles. The van der Waals surface area contributed by atoms with E-state index in [1.165, 1.54) is 11.1 Å². The highest BCUT2D eigenvalue weighted by Gasteiger charge is 2.23. The van der Waals surface area contributed by atoms with Crippen LogP contribution in [0.3, 0.4) is 0 Å². The molecule has 12 nitrogen and oxygen atoms in total. The number of Topliss-reactive ketones (excluding diaryl/α,β-unsaturated/α-hetero) is 2. The number of carbonyl (C=O) groups excluding carboxylic acids is 2. The minimum Gasteiger partial charge on any atom is -0.297 e. The maximum Gasteiger partial charge on any atom is 0.167 e. The van der Waals surface area contributed by atoms with Gasteiger partial charge in [-0.3, -0.25) is 39.2 Å². The molecule has 8 aromatic rings. The molecule has 4 aromatic carbocycles. The van der Waals surface area contributed by atoms with Crippen molar-refractivity contribution in [1.82, 2.24) is 49.5 Å². The van der Waals surface area contributed by atoms with Crippen molar-refractivity contribution in [3.8, 4) is 22.5 Å². The molecule has 10 rings (SSSR count). The summed E-state index contributed by atoms with van der Waals surface area (Å²) in [5.74, 6) is 1.71. The van der Waals surface area contributed by atoms with Gasteiger partial charge in [0, 0.05) is 151 Å². The van der Waals surface area contributed by atoms with Crippen LogP contribution >= 0.6 is 0 Å². The third-order valence-electron chi connectivity index (χ3n) is 14.3. The highest BCUT2D eigenvalue weighted by molar-refractivity contribution is 5.98. The van der Waals surface area contributed by atoms with E-state index < -0.39 is 0 Å². The summed E-state index contributed by atoms with van der Waals surface area (Å²) in [6.45, 7) is 15.2. The standard InChI is InChI=1S/C61H62N10O2/c1-44-7-9-48(33-54(44)37-60-64-23-19-56(66-60)52-5-3-21-62-39-52)35-58(72)50-15-11-46(12-16-50)41-68-25-29-70(30-26-68)43-71-31-27-69(28-32-71)42-47-13-17-51(18-14-47)59(73)36-49-10-8-45(2)55(34-49)38-61-65-24-20-57(67-61)53-6-4-22-63-40-53/h3-24,33-34,39-40H,25-32,35-38,41-43H2,1-2H3. The second kappa shape index (κ2) is 23.4. The van der Waals surface area contributed by atoms with Crippen molar-refractivity contribution in [3.63, 3.8) is 0 Å². The van der Waals surface area contributed by atoms with Crippen LogP contribution in [0.25, 0.3) is 22.5 Å². The van der Waals surface area contributed by atoms with Gasteiger partial charge in [0.1, 0.15) is 11.6 Å². The molecule has 2 saturated heterocycles. The predicted octanol–water partition coefficient (Wildman–Crippen LogP) is 8.93. The number of ketones is 2. The van der Waals surface area contributed by atoms with E-state index in [4.69, 9.17) is 9.97 Å². The zero-order valence-corrected chi connectivity index (χ0v) is 41.9. The highest BCUT2D eigenvalue weighted by atomic mass is 16.1. The van der Waals surface area contributed by atoms with Crippen molar-refractivity contribution in [3.05, 3.63) is 226 Å². The van der Waals surface area contributed by atoms with Gasteiger partial charge in [0.25, 0.3) is 0 Å². The third kappa shape index (κ3) is 13.1. The lowest BCUT2D eigenvalue weighted by Gasteiger charge is -2.40. The lowest BCUT2D eigenvalue weighted by Crippen LogP contribution is -2.53. The molecule has 0 unspecified atom stereocenters. The van der Waals surface area contributed by atoms with Crippen molar-refractivity contribution in [2.24, 2.45) is 0 Å². The summed E-state index contributed by atoms with van der Waals surface area (Å²) in [6, 6.07) is 40.6. The Morgan fingerprint density at radius 1 is 0.452 bits per heavy atom. The average Bonchev–Trinajstić information content (AvgIpc) is 3.42. The normalized spacial score (nSPS) is 14.8. The summed E-state index contributed by atoms with van der Waals surface area (Å²) >= 11 is 0. The largest absolute Gasteiger partial charge is 0.297 e. The molecule has 0 atom stereocenters. The van der Waals surface area contributed by atoms with Gasteiger partial charge in [0.05, 0.1) is 18.1 Å². The second-order valence-corrected chi connectivity index (χ2v) is 19.6. The number of piperazine rings is 2. The minimum absolute atomic E-state index is 0.116. The van der Waals surface area contributed by atoms with Crippen LogP contribution in [0.1, 0.15) is 76.9 Å². The lowest BCUT2D eigenvalue weighted by atomic mass is 9.97. The molecule has 2 aliphatic heterocycles. The molecule has 2 aliphatic rings.